The van der Waals surface area contributed by atoms with E-state index in [1.807, 2.05) is 13.8 Å². The van der Waals surface area contributed by atoms with Gasteiger partial charge in [-0.2, -0.15) is 5.10 Å². The molecule has 5 heteroatoms. The number of pyridine rings is 1. The molecule has 0 saturated heterocycles. The fraction of sp³-hybridized carbons (Fsp3) is 0.300. The third-order valence-corrected chi connectivity index (χ3v) is 2.08. The van der Waals surface area contributed by atoms with Crippen LogP contribution in [-0.4, -0.2) is 20.2 Å². The van der Waals surface area contributed by atoms with Gasteiger partial charge in [-0.15, -0.1) is 0 Å². The highest BCUT2D eigenvalue weighted by Gasteiger charge is 2.08. The van der Waals surface area contributed by atoms with Gasteiger partial charge in [-0.05, 0) is 6.07 Å². The average Bonchev–Trinajstić information content (AvgIpc) is 2.66. The second kappa shape index (κ2) is 3.68. The molecule has 2 aromatic heterocycles. The van der Waals surface area contributed by atoms with Crippen LogP contribution in [0.5, 0.6) is 0 Å². The summed E-state index contributed by atoms with van der Waals surface area (Å²) in [7, 11) is 0. The van der Waals surface area contributed by atoms with Crippen LogP contribution < -0.4 is 5.56 Å². The van der Waals surface area contributed by atoms with Crippen LogP contribution in [0.15, 0.2) is 23.1 Å². The Hall–Kier alpha value is -1.91. The third-order valence-electron chi connectivity index (χ3n) is 2.08. The number of hydrogen-bond acceptors (Lipinski definition) is 3. The molecule has 5 nitrogen and oxygen atoms in total. The number of nitrogens with zero attached hydrogens (tertiary/aromatic N) is 2. The van der Waals surface area contributed by atoms with Gasteiger partial charge in [0.2, 0.25) is 5.56 Å². The van der Waals surface area contributed by atoms with Crippen molar-refractivity contribution < 1.29 is 0 Å². The molecule has 0 aliphatic rings. The van der Waals surface area contributed by atoms with Gasteiger partial charge in [-0.3, -0.25) is 9.89 Å². The second-order valence-corrected chi connectivity index (χ2v) is 3.64. The van der Waals surface area contributed by atoms with E-state index in [1.54, 1.807) is 12.3 Å². The van der Waals surface area contributed by atoms with E-state index in [9.17, 15) is 4.79 Å². The average molecular weight is 204 g/mol. The molecule has 0 aliphatic carbocycles. The van der Waals surface area contributed by atoms with Gasteiger partial charge in [0.1, 0.15) is 5.82 Å². The molecule has 0 aromatic carbocycles. The second-order valence-electron chi connectivity index (χ2n) is 3.64. The van der Waals surface area contributed by atoms with Crippen molar-refractivity contribution in [2.45, 2.75) is 19.8 Å². The fourth-order valence-corrected chi connectivity index (χ4v) is 1.25. The van der Waals surface area contributed by atoms with Crippen molar-refractivity contribution >= 4 is 0 Å². The minimum Gasteiger partial charge on any atom is -0.329 e. The Morgan fingerprint density at radius 1 is 1.40 bits per heavy atom. The number of aromatic nitrogens is 4. The zero-order chi connectivity index (χ0) is 10.8. The number of H-pyrrole nitrogens is 2. The summed E-state index contributed by atoms with van der Waals surface area (Å²) in [6, 6.07) is 3.25. The van der Waals surface area contributed by atoms with Crippen LogP contribution >= 0.6 is 0 Å². The van der Waals surface area contributed by atoms with E-state index in [4.69, 9.17) is 0 Å². The first-order valence-corrected chi connectivity index (χ1v) is 4.78. The van der Waals surface area contributed by atoms with Gasteiger partial charge in [-0.25, -0.2) is 4.98 Å². The molecule has 0 spiro atoms. The van der Waals surface area contributed by atoms with E-state index in [1.165, 1.54) is 6.07 Å². The lowest BCUT2D eigenvalue weighted by Gasteiger charge is -1.95. The summed E-state index contributed by atoms with van der Waals surface area (Å²) in [6.45, 7) is 4.06. The van der Waals surface area contributed by atoms with Gasteiger partial charge < -0.3 is 4.98 Å². The van der Waals surface area contributed by atoms with Crippen LogP contribution in [-0.2, 0) is 0 Å². The maximum atomic E-state index is 11.1. The van der Waals surface area contributed by atoms with Crippen molar-refractivity contribution in [1.29, 1.82) is 0 Å². The summed E-state index contributed by atoms with van der Waals surface area (Å²) in [5.41, 5.74) is 0.574. The lowest BCUT2D eigenvalue weighted by Crippen LogP contribution is -2.02. The number of nitrogens with one attached hydrogen (secondary N) is 2. The molecule has 0 radical (unpaired) electrons. The normalized spacial score (nSPS) is 10.9. The zero-order valence-electron chi connectivity index (χ0n) is 8.61. The van der Waals surface area contributed by atoms with Gasteiger partial charge in [0, 0.05) is 23.7 Å². The zero-order valence-corrected chi connectivity index (χ0v) is 8.61. The number of aromatic amines is 2. The van der Waals surface area contributed by atoms with Crippen LogP contribution in [0, 0.1) is 0 Å². The standard InChI is InChI=1S/C10H12N4O/c1-6(2)9-12-10(14-13-9)7-3-4-11-8(15)5-7/h3-6H,1-2H3,(H,11,15)(H,12,13,14). The SMILES string of the molecule is CC(C)c1nc(-c2cc[nH]c(=O)c2)n[nH]1. The highest BCUT2D eigenvalue weighted by molar-refractivity contribution is 5.52. The topological polar surface area (TPSA) is 74.4 Å². The molecule has 78 valence electrons. The summed E-state index contributed by atoms with van der Waals surface area (Å²) in [4.78, 5) is 17.9. The molecule has 0 saturated carbocycles. The molecule has 2 rings (SSSR count). The molecule has 2 aromatic rings. The summed E-state index contributed by atoms with van der Waals surface area (Å²) < 4.78 is 0. The Bertz CT molecular complexity index is 512. The van der Waals surface area contributed by atoms with E-state index >= 15 is 0 Å². The van der Waals surface area contributed by atoms with E-state index in [2.05, 4.69) is 20.2 Å². The summed E-state index contributed by atoms with van der Waals surface area (Å²) >= 11 is 0. The smallest absolute Gasteiger partial charge is 0.248 e. The molecular formula is C10H12N4O. The lowest BCUT2D eigenvalue weighted by molar-refractivity contribution is 0.781. The van der Waals surface area contributed by atoms with Gasteiger partial charge >= 0.3 is 0 Å². The van der Waals surface area contributed by atoms with Gasteiger partial charge in [0.15, 0.2) is 5.82 Å². The van der Waals surface area contributed by atoms with E-state index < -0.39 is 0 Å². The van der Waals surface area contributed by atoms with Gasteiger partial charge in [0.05, 0.1) is 0 Å². The summed E-state index contributed by atoms with van der Waals surface area (Å²) in [5, 5.41) is 6.91. The van der Waals surface area contributed by atoms with Crippen molar-refractivity contribution in [3.05, 3.63) is 34.5 Å². The van der Waals surface area contributed by atoms with Crippen molar-refractivity contribution in [2.75, 3.05) is 0 Å². The van der Waals surface area contributed by atoms with Crippen molar-refractivity contribution in [1.82, 2.24) is 20.2 Å². The third kappa shape index (κ3) is 1.96. The minimum absolute atomic E-state index is 0.150. The van der Waals surface area contributed by atoms with Crippen LogP contribution in [0.4, 0.5) is 0 Å². The first kappa shape index (κ1) is 9.64. The largest absolute Gasteiger partial charge is 0.329 e. The molecule has 15 heavy (non-hydrogen) atoms. The Kier molecular flexibility index (Phi) is 2.37. The van der Waals surface area contributed by atoms with Crippen LogP contribution in [0.3, 0.4) is 0 Å². The lowest BCUT2D eigenvalue weighted by atomic mass is 10.2. The molecule has 0 atom stereocenters. The molecule has 2 N–H and O–H groups in total. The Labute approximate surface area is 86.6 Å². The quantitative estimate of drug-likeness (QED) is 0.773. The number of hydrogen-bond donors (Lipinski definition) is 2. The molecule has 0 aliphatic heterocycles. The monoisotopic (exact) mass is 204 g/mol. The molecule has 2 heterocycles. The van der Waals surface area contributed by atoms with Gasteiger partial charge in [0.25, 0.3) is 0 Å². The Morgan fingerprint density at radius 2 is 2.20 bits per heavy atom. The first-order chi connectivity index (χ1) is 7.16. The maximum Gasteiger partial charge on any atom is 0.248 e. The fourth-order valence-electron chi connectivity index (χ4n) is 1.25. The molecule has 0 amide bonds. The highest BCUT2D eigenvalue weighted by atomic mass is 16.1. The minimum atomic E-state index is -0.150. The molecule has 0 bridgehead atoms. The number of rotatable bonds is 2. The Balaban J connectivity index is 2.41. The molecular weight excluding hydrogens is 192 g/mol. The molecule has 0 fully saturated rings. The van der Waals surface area contributed by atoms with Crippen molar-refractivity contribution in [2.24, 2.45) is 0 Å². The van der Waals surface area contributed by atoms with E-state index in [0.29, 0.717) is 11.7 Å². The van der Waals surface area contributed by atoms with Crippen LogP contribution in [0.25, 0.3) is 11.4 Å². The van der Waals surface area contributed by atoms with Gasteiger partial charge in [-0.1, -0.05) is 13.8 Å². The van der Waals surface area contributed by atoms with Crippen molar-refractivity contribution in [3.8, 4) is 11.4 Å². The van der Waals surface area contributed by atoms with E-state index in [-0.39, 0.29) is 5.56 Å². The summed E-state index contributed by atoms with van der Waals surface area (Å²) in [6.07, 6.45) is 1.59. The predicted molar refractivity (Wildman–Crippen MR) is 56.5 cm³/mol. The Morgan fingerprint density at radius 3 is 2.80 bits per heavy atom. The van der Waals surface area contributed by atoms with Crippen molar-refractivity contribution in [3.63, 3.8) is 0 Å². The van der Waals surface area contributed by atoms with E-state index in [0.717, 1.165) is 11.4 Å². The first-order valence-electron chi connectivity index (χ1n) is 4.78. The highest BCUT2D eigenvalue weighted by Crippen LogP contribution is 2.14. The van der Waals surface area contributed by atoms with Crippen LogP contribution in [0.2, 0.25) is 0 Å². The predicted octanol–water partition coefficient (Wildman–Crippen LogP) is 1.28. The van der Waals surface area contributed by atoms with Crippen LogP contribution in [0.1, 0.15) is 25.6 Å². The molecule has 0 unspecified atom stereocenters. The summed E-state index contributed by atoms with van der Waals surface area (Å²) in [5.74, 6) is 1.68. The maximum absolute atomic E-state index is 11.1.